The lowest BCUT2D eigenvalue weighted by Crippen LogP contribution is -2.37. The zero-order valence-corrected chi connectivity index (χ0v) is 13.3. The van der Waals surface area contributed by atoms with Gasteiger partial charge in [0.1, 0.15) is 5.75 Å². The van der Waals surface area contributed by atoms with Crippen LogP contribution < -0.4 is 9.46 Å². The first kappa shape index (κ1) is 16.9. The number of aliphatic hydroxyl groups excluding tert-OH is 1. The van der Waals surface area contributed by atoms with E-state index >= 15 is 0 Å². The van der Waals surface area contributed by atoms with E-state index in [1.54, 1.807) is 19.1 Å². The molecule has 6 heteroatoms. The Balaban J connectivity index is 3.16. The van der Waals surface area contributed by atoms with E-state index in [1.165, 1.54) is 0 Å². The van der Waals surface area contributed by atoms with Crippen molar-refractivity contribution in [1.82, 2.24) is 4.72 Å². The second-order valence-electron chi connectivity index (χ2n) is 4.73. The van der Waals surface area contributed by atoms with Crippen molar-refractivity contribution in [3.8, 4) is 5.75 Å². The highest BCUT2D eigenvalue weighted by Gasteiger charge is 2.21. The normalized spacial score (nSPS) is 13.2. The first-order valence-electron chi connectivity index (χ1n) is 6.72. The molecule has 0 spiro atoms. The molecule has 114 valence electrons. The van der Waals surface area contributed by atoms with Crippen molar-refractivity contribution >= 4 is 10.0 Å². The second kappa shape index (κ2) is 7.06. The maximum Gasteiger partial charge on any atom is 0.241 e. The fraction of sp³-hybridized carbons (Fsp3) is 0.571. The van der Waals surface area contributed by atoms with Crippen LogP contribution in [0.1, 0.15) is 31.4 Å². The van der Waals surface area contributed by atoms with Crippen molar-refractivity contribution in [3.63, 3.8) is 0 Å². The van der Waals surface area contributed by atoms with Crippen molar-refractivity contribution in [2.45, 2.75) is 45.1 Å². The molecule has 0 radical (unpaired) electrons. The van der Waals surface area contributed by atoms with Gasteiger partial charge < -0.3 is 9.84 Å². The first-order valence-corrected chi connectivity index (χ1v) is 8.21. The fourth-order valence-electron chi connectivity index (χ4n) is 1.90. The molecule has 2 N–H and O–H groups in total. The summed E-state index contributed by atoms with van der Waals surface area (Å²) in [5.74, 6) is 0.693. The Bertz CT molecular complexity index is 551. The van der Waals surface area contributed by atoms with E-state index in [4.69, 9.17) is 9.84 Å². The van der Waals surface area contributed by atoms with Crippen LogP contribution in [0.15, 0.2) is 17.0 Å². The third-order valence-electron chi connectivity index (χ3n) is 3.10. The van der Waals surface area contributed by atoms with E-state index in [0.717, 1.165) is 5.56 Å². The van der Waals surface area contributed by atoms with Gasteiger partial charge in [-0.2, -0.15) is 0 Å². The summed E-state index contributed by atoms with van der Waals surface area (Å²) in [5.41, 5.74) is 1.40. The van der Waals surface area contributed by atoms with Crippen LogP contribution in [0.5, 0.6) is 5.75 Å². The molecule has 0 heterocycles. The maximum atomic E-state index is 12.3. The minimum atomic E-state index is -3.63. The molecular weight excluding hydrogens is 278 g/mol. The number of aliphatic hydroxyl groups is 1. The van der Waals surface area contributed by atoms with Gasteiger partial charge in [0, 0.05) is 6.04 Å². The van der Waals surface area contributed by atoms with Gasteiger partial charge in [-0.25, -0.2) is 13.1 Å². The topological polar surface area (TPSA) is 75.6 Å². The molecule has 0 amide bonds. The Morgan fingerprint density at radius 3 is 2.40 bits per heavy atom. The number of sulfonamides is 1. The second-order valence-corrected chi connectivity index (χ2v) is 6.41. The van der Waals surface area contributed by atoms with E-state index in [0.29, 0.717) is 24.3 Å². The highest BCUT2D eigenvalue weighted by Crippen LogP contribution is 2.26. The van der Waals surface area contributed by atoms with E-state index < -0.39 is 16.1 Å². The van der Waals surface area contributed by atoms with Gasteiger partial charge in [0.2, 0.25) is 10.0 Å². The third-order valence-corrected chi connectivity index (χ3v) is 4.76. The van der Waals surface area contributed by atoms with Gasteiger partial charge in [0.05, 0.1) is 18.1 Å². The number of rotatable bonds is 7. The quantitative estimate of drug-likeness (QED) is 0.804. The predicted octanol–water partition coefficient (Wildman–Crippen LogP) is 1.75. The van der Waals surface area contributed by atoms with Crippen LogP contribution in [-0.2, 0) is 10.0 Å². The summed E-state index contributed by atoms with van der Waals surface area (Å²) in [7, 11) is -3.63. The summed E-state index contributed by atoms with van der Waals surface area (Å²) in [5, 5.41) is 9.13. The van der Waals surface area contributed by atoms with Crippen LogP contribution >= 0.6 is 0 Å². The van der Waals surface area contributed by atoms with Crippen LogP contribution in [0.2, 0.25) is 0 Å². The van der Waals surface area contributed by atoms with Gasteiger partial charge in [-0.05, 0) is 50.5 Å². The molecule has 1 atom stereocenters. The molecule has 20 heavy (non-hydrogen) atoms. The van der Waals surface area contributed by atoms with Crippen molar-refractivity contribution in [3.05, 3.63) is 23.3 Å². The molecule has 0 unspecified atom stereocenters. The predicted molar refractivity (Wildman–Crippen MR) is 78.6 cm³/mol. The molecule has 0 fully saturated rings. The molecule has 0 saturated heterocycles. The molecule has 1 rings (SSSR count). The van der Waals surface area contributed by atoms with Crippen LogP contribution in [0.25, 0.3) is 0 Å². The van der Waals surface area contributed by atoms with Crippen molar-refractivity contribution < 1.29 is 18.3 Å². The summed E-state index contributed by atoms with van der Waals surface area (Å²) in [6.45, 7) is 7.56. The molecule has 0 bridgehead atoms. The van der Waals surface area contributed by atoms with Crippen molar-refractivity contribution in [1.29, 1.82) is 0 Å². The highest BCUT2D eigenvalue weighted by molar-refractivity contribution is 7.89. The largest absolute Gasteiger partial charge is 0.494 e. The third kappa shape index (κ3) is 3.94. The van der Waals surface area contributed by atoms with Crippen LogP contribution in [0, 0.1) is 13.8 Å². The van der Waals surface area contributed by atoms with E-state index in [-0.39, 0.29) is 11.5 Å². The molecule has 5 nitrogen and oxygen atoms in total. The summed E-state index contributed by atoms with van der Waals surface area (Å²) >= 11 is 0. The molecule has 1 aromatic rings. The van der Waals surface area contributed by atoms with Gasteiger partial charge >= 0.3 is 0 Å². The van der Waals surface area contributed by atoms with Crippen molar-refractivity contribution in [2.75, 3.05) is 13.2 Å². The number of hydrogen-bond donors (Lipinski definition) is 2. The van der Waals surface area contributed by atoms with E-state index in [1.807, 2.05) is 20.8 Å². The number of benzene rings is 1. The fourth-order valence-corrected chi connectivity index (χ4v) is 3.52. The molecule has 0 aliphatic carbocycles. The highest BCUT2D eigenvalue weighted by atomic mass is 32.2. The van der Waals surface area contributed by atoms with E-state index in [2.05, 4.69) is 4.72 Å². The zero-order valence-electron chi connectivity index (χ0n) is 12.4. The SMILES string of the molecule is CCOc1cc(C)c(S(=O)(=O)N[C@H](CC)CO)cc1C. The Kier molecular flexibility index (Phi) is 5.98. The smallest absolute Gasteiger partial charge is 0.241 e. The Hall–Kier alpha value is -1.11. The minimum absolute atomic E-state index is 0.217. The lowest BCUT2D eigenvalue weighted by atomic mass is 10.1. The van der Waals surface area contributed by atoms with Gasteiger partial charge in [-0.1, -0.05) is 6.92 Å². The summed E-state index contributed by atoms with van der Waals surface area (Å²) in [6.07, 6.45) is 0.533. The van der Waals surface area contributed by atoms with Crippen LogP contribution in [-0.4, -0.2) is 32.8 Å². The molecule has 0 aliphatic rings. The number of aryl methyl sites for hydroxylation is 2. The van der Waals surface area contributed by atoms with Crippen LogP contribution in [0.3, 0.4) is 0 Å². The molecule has 0 aliphatic heterocycles. The lowest BCUT2D eigenvalue weighted by Gasteiger charge is -2.17. The Labute approximate surface area is 121 Å². The van der Waals surface area contributed by atoms with E-state index in [9.17, 15) is 8.42 Å². The Morgan fingerprint density at radius 2 is 1.90 bits per heavy atom. The maximum absolute atomic E-state index is 12.3. The van der Waals surface area contributed by atoms with Gasteiger partial charge in [0.15, 0.2) is 0 Å². The van der Waals surface area contributed by atoms with Gasteiger partial charge in [0.25, 0.3) is 0 Å². The number of nitrogens with one attached hydrogen (secondary N) is 1. The zero-order chi connectivity index (χ0) is 15.3. The first-order chi connectivity index (χ1) is 9.35. The van der Waals surface area contributed by atoms with Crippen LogP contribution in [0.4, 0.5) is 0 Å². The van der Waals surface area contributed by atoms with Gasteiger partial charge in [-0.15, -0.1) is 0 Å². The summed E-state index contributed by atoms with van der Waals surface area (Å²) < 4.78 is 32.6. The Morgan fingerprint density at radius 1 is 1.25 bits per heavy atom. The lowest BCUT2D eigenvalue weighted by molar-refractivity contribution is 0.254. The average Bonchev–Trinajstić information content (AvgIpc) is 2.40. The standard InChI is InChI=1S/C14H23NO4S/c1-5-12(9-16)15-20(17,18)14-8-10(3)13(19-6-2)7-11(14)4/h7-8,12,15-16H,5-6,9H2,1-4H3/t12-/m1/s1. The molecule has 0 aromatic heterocycles. The number of ether oxygens (including phenoxy) is 1. The molecule has 1 aromatic carbocycles. The number of hydrogen-bond acceptors (Lipinski definition) is 4. The monoisotopic (exact) mass is 301 g/mol. The molecular formula is C14H23NO4S. The van der Waals surface area contributed by atoms with Gasteiger partial charge in [-0.3, -0.25) is 0 Å². The molecule has 0 saturated carbocycles. The minimum Gasteiger partial charge on any atom is -0.494 e. The average molecular weight is 301 g/mol. The summed E-state index contributed by atoms with van der Waals surface area (Å²) in [4.78, 5) is 0.227. The summed E-state index contributed by atoms with van der Waals surface area (Å²) in [6, 6.07) is 2.87. The van der Waals surface area contributed by atoms with Crippen molar-refractivity contribution in [2.24, 2.45) is 0 Å².